The van der Waals surface area contributed by atoms with E-state index in [0.717, 1.165) is 9.79 Å². The van der Waals surface area contributed by atoms with Gasteiger partial charge in [-0.2, -0.15) is 5.26 Å². The summed E-state index contributed by atoms with van der Waals surface area (Å²) in [4.78, 5) is 5.75. The predicted octanol–water partition coefficient (Wildman–Crippen LogP) is 2.69. The van der Waals surface area contributed by atoms with Gasteiger partial charge in [0.2, 0.25) is 0 Å². The molecule has 0 fully saturated rings. The minimum absolute atomic E-state index is 0.625. The smallest absolute Gasteiger partial charge is 0.100 e. The highest BCUT2D eigenvalue weighted by molar-refractivity contribution is 7.99. The molecule has 78 valence electrons. The van der Waals surface area contributed by atoms with Crippen LogP contribution in [0, 0.1) is 11.3 Å². The van der Waals surface area contributed by atoms with Crippen LogP contribution in [-0.4, -0.2) is 4.98 Å². The number of anilines is 1. The maximum Gasteiger partial charge on any atom is 0.100 e. The number of hydrogen-bond acceptors (Lipinski definition) is 4. The fourth-order valence-corrected chi connectivity index (χ4v) is 2.16. The van der Waals surface area contributed by atoms with Crippen molar-refractivity contribution in [2.24, 2.45) is 0 Å². The third-order valence-corrected chi connectivity index (χ3v) is 3.21. The van der Waals surface area contributed by atoms with E-state index in [0.29, 0.717) is 11.3 Å². The molecule has 4 heteroatoms. The zero-order valence-corrected chi connectivity index (χ0v) is 9.24. The van der Waals surface area contributed by atoms with Crippen LogP contribution in [0.4, 0.5) is 5.69 Å². The van der Waals surface area contributed by atoms with Crippen LogP contribution in [0.3, 0.4) is 0 Å². The Morgan fingerprint density at radius 2 is 2.00 bits per heavy atom. The molecule has 1 aromatic heterocycles. The van der Waals surface area contributed by atoms with Crippen LogP contribution >= 0.6 is 11.8 Å². The lowest BCUT2D eigenvalue weighted by atomic mass is 10.2. The summed E-state index contributed by atoms with van der Waals surface area (Å²) < 4.78 is 0. The Morgan fingerprint density at radius 1 is 1.19 bits per heavy atom. The summed E-state index contributed by atoms with van der Waals surface area (Å²) in [7, 11) is 0. The molecule has 0 spiro atoms. The summed E-state index contributed by atoms with van der Waals surface area (Å²) in [5.41, 5.74) is 7.08. The molecule has 1 aromatic carbocycles. The summed E-state index contributed by atoms with van der Waals surface area (Å²) in [6.45, 7) is 0. The van der Waals surface area contributed by atoms with Gasteiger partial charge in [-0.3, -0.25) is 4.98 Å². The van der Waals surface area contributed by atoms with Gasteiger partial charge in [0.05, 0.1) is 17.4 Å². The second kappa shape index (κ2) is 4.69. The third-order valence-electron chi connectivity index (χ3n) is 2.04. The molecule has 1 heterocycles. The highest BCUT2D eigenvalue weighted by Gasteiger charge is 2.05. The molecule has 0 unspecified atom stereocenters. The van der Waals surface area contributed by atoms with E-state index in [1.807, 2.05) is 24.3 Å². The van der Waals surface area contributed by atoms with Gasteiger partial charge < -0.3 is 5.73 Å². The van der Waals surface area contributed by atoms with Crippen LogP contribution < -0.4 is 5.73 Å². The highest BCUT2D eigenvalue weighted by Crippen LogP contribution is 2.32. The first-order chi connectivity index (χ1) is 7.81. The third kappa shape index (κ3) is 2.15. The number of pyridine rings is 1. The number of hydrogen-bond donors (Lipinski definition) is 1. The second-order valence-corrected chi connectivity index (χ2v) is 4.21. The molecule has 0 radical (unpaired) electrons. The SMILES string of the molecule is N#Cc1ccccc1Sc1ccncc1N. The molecule has 0 bridgehead atoms. The number of aromatic nitrogens is 1. The molecule has 0 aliphatic rings. The average Bonchev–Trinajstić information content (AvgIpc) is 2.33. The summed E-state index contributed by atoms with van der Waals surface area (Å²) in [6, 6.07) is 11.4. The molecule has 0 aliphatic heterocycles. The zero-order chi connectivity index (χ0) is 11.4. The Kier molecular flexibility index (Phi) is 3.08. The second-order valence-electron chi connectivity index (χ2n) is 3.12. The summed E-state index contributed by atoms with van der Waals surface area (Å²) in [5.74, 6) is 0. The first-order valence-electron chi connectivity index (χ1n) is 4.67. The quantitative estimate of drug-likeness (QED) is 0.856. The molecule has 2 rings (SSSR count). The van der Waals surface area contributed by atoms with Gasteiger partial charge in [0.15, 0.2) is 0 Å². The molecule has 0 atom stereocenters. The van der Waals surface area contributed by atoms with Crippen LogP contribution in [0.1, 0.15) is 5.56 Å². The molecule has 0 saturated carbocycles. The fraction of sp³-hybridized carbons (Fsp3) is 0. The van der Waals surface area contributed by atoms with Gasteiger partial charge in [-0.1, -0.05) is 23.9 Å². The van der Waals surface area contributed by atoms with E-state index in [1.165, 1.54) is 11.8 Å². The Bertz CT molecular complexity index is 546. The van der Waals surface area contributed by atoms with Crippen molar-refractivity contribution in [2.45, 2.75) is 9.79 Å². The van der Waals surface area contributed by atoms with E-state index >= 15 is 0 Å². The zero-order valence-electron chi connectivity index (χ0n) is 8.42. The molecule has 3 nitrogen and oxygen atoms in total. The number of nitrogens with two attached hydrogens (primary N) is 1. The standard InChI is InChI=1S/C12H9N3S/c13-7-9-3-1-2-4-11(9)16-12-5-6-15-8-10(12)14/h1-6,8H,14H2. The van der Waals surface area contributed by atoms with E-state index in [1.54, 1.807) is 18.5 Å². The molecule has 16 heavy (non-hydrogen) atoms. The number of nitrogen functional groups attached to an aromatic ring is 1. The molecule has 2 N–H and O–H groups in total. The van der Waals surface area contributed by atoms with Crippen molar-refractivity contribution in [3.63, 3.8) is 0 Å². The van der Waals surface area contributed by atoms with Gasteiger partial charge in [0.1, 0.15) is 6.07 Å². The highest BCUT2D eigenvalue weighted by atomic mass is 32.2. The molecule has 0 saturated heterocycles. The van der Waals surface area contributed by atoms with Crippen molar-refractivity contribution >= 4 is 17.4 Å². The van der Waals surface area contributed by atoms with Gasteiger partial charge in [-0.05, 0) is 18.2 Å². The lowest BCUT2D eigenvalue weighted by Gasteiger charge is -2.05. The van der Waals surface area contributed by atoms with E-state index in [4.69, 9.17) is 11.0 Å². The first-order valence-corrected chi connectivity index (χ1v) is 5.49. The lowest BCUT2D eigenvalue weighted by Crippen LogP contribution is -1.89. The topological polar surface area (TPSA) is 62.7 Å². The molecule has 0 aliphatic carbocycles. The molecular formula is C12H9N3S. The summed E-state index contributed by atoms with van der Waals surface area (Å²) in [6.07, 6.45) is 3.30. The van der Waals surface area contributed by atoms with E-state index in [-0.39, 0.29) is 0 Å². The van der Waals surface area contributed by atoms with Crippen LogP contribution in [0.15, 0.2) is 52.5 Å². The molecular weight excluding hydrogens is 218 g/mol. The number of nitrogens with zero attached hydrogens (tertiary/aromatic N) is 2. The van der Waals surface area contributed by atoms with Gasteiger partial charge >= 0.3 is 0 Å². The minimum atomic E-state index is 0.625. The normalized spacial score (nSPS) is 9.69. The fourth-order valence-electron chi connectivity index (χ4n) is 1.25. The van der Waals surface area contributed by atoms with Gasteiger partial charge in [-0.25, -0.2) is 0 Å². The summed E-state index contributed by atoms with van der Waals surface area (Å²) in [5, 5.41) is 8.96. The lowest BCUT2D eigenvalue weighted by molar-refractivity contribution is 1.26. The van der Waals surface area contributed by atoms with Crippen molar-refractivity contribution in [1.29, 1.82) is 5.26 Å². The monoisotopic (exact) mass is 227 g/mol. The van der Waals surface area contributed by atoms with Crippen molar-refractivity contribution < 1.29 is 0 Å². The van der Waals surface area contributed by atoms with Gasteiger partial charge in [0.25, 0.3) is 0 Å². The van der Waals surface area contributed by atoms with Crippen LogP contribution in [0.25, 0.3) is 0 Å². The van der Waals surface area contributed by atoms with Crippen LogP contribution in [0.2, 0.25) is 0 Å². The summed E-state index contributed by atoms with van der Waals surface area (Å²) >= 11 is 1.48. The van der Waals surface area contributed by atoms with Crippen molar-refractivity contribution in [3.05, 3.63) is 48.3 Å². The van der Waals surface area contributed by atoms with Crippen LogP contribution in [-0.2, 0) is 0 Å². The van der Waals surface area contributed by atoms with E-state index in [9.17, 15) is 0 Å². The van der Waals surface area contributed by atoms with Crippen LogP contribution in [0.5, 0.6) is 0 Å². The van der Waals surface area contributed by atoms with Gasteiger partial charge in [-0.15, -0.1) is 0 Å². The number of benzene rings is 1. The first kappa shape index (κ1) is 10.5. The van der Waals surface area contributed by atoms with E-state index < -0.39 is 0 Å². The Morgan fingerprint density at radius 3 is 2.75 bits per heavy atom. The van der Waals surface area contributed by atoms with Crippen molar-refractivity contribution in [2.75, 3.05) is 5.73 Å². The average molecular weight is 227 g/mol. The maximum atomic E-state index is 8.96. The molecule has 0 amide bonds. The van der Waals surface area contributed by atoms with E-state index in [2.05, 4.69) is 11.1 Å². The Balaban J connectivity index is 2.35. The van der Waals surface area contributed by atoms with Gasteiger partial charge in [0, 0.05) is 16.0 Å². The maximum absolute atomic E-state index is 8.96. The minimum Gasteiger partial charge on any atom is -0.397 e. The number of nitriles is 1. The predicted molar refractivity (Wildman–Crippen MR) is 63.9 cm³/mol. The van der Waals surface area contributed by atoms with Crippen molar-refractivity contribution in [3.8, 4) is 6.07 Å². The largest absolute Gasteiger partial charge is 0.397 e. The molecule has 2 aromatic rings. The Labute approximate surface area is 97.9 Å². The number of rotatable bonds is 2. The Hall–Kier alpha value is -1.99. The van der Waals surface area contributed by atoms with Crippen molar-refractivity contribution in [1.82, 2.24) is 4.98 Å².